The number of aromatic nitrogens is 1. The van der Waals surface area contributed by atoms with Crippen LogP contribution in [0.1, 0.15) is 26.3 Å². The molecule has 106 valence electrons. The molecule has 0 radical (unpaired) electrons. The number of fused-ring (bicyclic) bond motifs is 1. The molecule has 1 amide bonds. The molecule has 0 bridgehead atoms. The minimum atomic E-state index is -0.523. The lowest BCUT2D eigenvalue weighted by Crippen LogP contribution is -2.25. The topological polar surface area (TPSA) is 51.2 Å². The second-order valence-corrected chi connectivity index (χ2v) is 6.27. The quantitative estimate of drug-likeness (QED) is 0.800. The molecule has 0 spiro atoms. The normalized spacial score (nSPS) is 11.4. The van der Waals surface area contributed by atoms with E-state index in [4.69, 9.17) is 4.74 Å². The highest BCUT2D eigenvalue weighted by Crippen LogP contribution is 2.38. The van der Waals surface area contributed by atoms with Crippen LogP contribution in [-0.4, -0.2) is 18.1 Å². The van der Waals surface area contributed by atoms with Crippen LogP contribution in [0.2, 0.25) is 0 Å². The van der Waals surface area contributed by atoms with E-state index in [-0.39, 0.29) is 5.41 Å². The molecule has 0 saturated carbocycles. The number of halogens is 1. The zero-order valence-electron chi connectivity index (χ0n) is 12.0. The molecule has 1 heterocycles. The molecule has 0 aliphatic heterocycles. The molecule has 0 aliphatic carbocycles. The van der Waals surface area contributed by atoms with Gasteiger partial charge in [0.1, 0.15) is 4.60 Å². The molecule has 0 fully saturated rings. The van der Waals surface area contributed by atoms with Crippen molar-refractivity contribution in [1.29, 1.82) is 0 Å². The predicted octanol–water partition coefficient (Wildman–Crippen LogP) is 4.01. The van der Waals surface area contributed by atoms with Gasteiger partial charge in [0.2, 0.25) is 5.88 Å². The van der Waals surface area contributed by atoms with Crippen molar-refractivity contribution in [2.45, 2.75) is 26.2 Å². The Morgan fingerprint density at radius 3 is 2.40 bits per heavy atom. The maximum atomic E-state index is 11.5. The number of ether oxygens (including phenoxy) is 1. The fourth-order valence-electron chi connectivity index (χ4n) is 2.14. The first-order chi connectivity index (χ1) is 9.34. The number of carbonyl (C=O) groups excluding carboxylic acids is 1. The van der Waals surface area contributed by atoms with E-state index in [1.165, 1.54) is 7.05 Å². The minimum Gasteiger partial charge on any atom is -0.391 e. The van der Waals surface area contributed by atoms with E-state index in [1.54, 1.807) is 0 Å². The van der Waals surface area contributed by atoms with Crippen molar-refractivity contribution in [3.8, 4) is 5.88 Å². The lowest BCUT2D eigenvalue weighted by Gasteiger charge is -2.24. The van der Waals surface area contributed by atoms with Gasteiger partial charge in [-0.25, -0.2) is 9.78 Å². The van der Waals surface area contributed by atoms with Gasteiger partial charge in [0.05, 0.1) is 0 Å². The second kappa shape index (κ2) is 5.40. The molecule has 0 atom stereocenters. The van der Waals surface area contributed by atoms with E-state index in [9.17, 15) is 4.79 Å². The van der Waals surface area contributed by atoms with Gasteiger partial charge in [0.25, 0.3) is 0 Å². The van der Waals surface area contributed by atoms with Crippen LogP contribution in [0.4, 0.5) is 4.79 Å². The van der Waals surface area contributed by atoms with Crippen LogP contribution in [0.15, 0.2) is 28.9 Å². The highest BCUT2D eigenvalue weighted by atomic mass is 79.9. The molecule has 2 rings (SSSR count). The van der Waals surface area contributed by atoms with E-state index in [0.717, 1.165) is 16.3 Å². The number of hydrogen-bond acceptors (Lipinski definition) is 3. The Hall–Kier alpha value is -1.62. The van der Waals surface area contributed by atoms with Crippen LogP contribution < -0.4 is 10.1 Å². The fourth-order valence-corrected chi connectivity index (χ4v) is 2.65. The lowest BCUT2D eigenvalue weighted by molar-refractivity contribution is 0.200. The van der Waals surface area contributed by atoms with E-state index < -0.39 is 6.09 Å². The zero-order chi connectivity index (χ0) is 14.9. The zero-order valence-corrected chi connectivity index (χ0v) is 13.5. The Balaban J connectivity index is 2.76. The third-order valence-electron chi connectivity index (χ3n) is 2.98. The summed E-state index contributed by atoms with van der Waals surface area (Å²) in [4.78, 5) is 15.9. The largest absolute Gasteiger partial charge is 0.413 e. The average molecular weight is 337 g/mol. The summed E-state index contributed by atoms with van der Waals surface area (Å²) in [5, 5.41) is 4.47. The summed E-state index contributed by atoms with van der Waals surface area (Å²) in [6.45, 7) is 6.21. The molecule has 2 aromatic rings. The predicted molar refractivity (Wildman–Crippen MR) is 83.2 cm³/mol. The van der Waals surface area contributed by atoms with Gasteiger partial charge in [0.15, 0.2) is 0 Å². The Morgan fingerprint density at radius 2 is 1.85 bits per heavy atom. The SMILES string of the molecule is CNC(=O)Oc1nc(Br)c2ccccc2c1C(C)(C)C. The molecule has 1 aromatic carbocycles. The van der Waals surface area contributed by atoms with Gasteiger partial charge in [-0.15, -0.1) is 0 Å². The Labute approximate surface area is 126 Å². The summed E-state index contributed by atoms with van der Waals surface area (Å²) in [6.07, 6.45) is -0.523. The minimum absolute atomic E-state index is 0.198. The molecule has 20 heavy (non-hydrogen) atoms. The Bertz CT molecular complexity index is 663. The number of nitrogens with one attached hydrogen (secondary N) is 1. The number of hydrogen-bond donors (Lipinski definition) is 1. The molecule has 5 heteroatoms. The van der Waals surface area contributed by atoms with Gasteiger partial charge >= 0.3 is 6.09 Å². The second-order valence-electron chi connectivity index (χ2n) is 5.52. The van der Waals surface area contributed by atoms with Crippen LogP contribution in [0.25, 0.3) is 10.8 Å². The first kappa shape index (κ1) is 14.8. The standard InChI is InChI=1S/C15H17BrN2O2/c1-15(2,3)11-9-7-5-6-8-10(9)12(16)18-13(11)20-14(19)17-4/h5-8H,1-4H3,(H,17,19). The highest BCUT2D eigenvalue weighted by Gasteiger charge is 2.25. The van der Waals surface area contributed by atoms with Crippen molar-refractivity contribution in [1.82, 2.24) is 10.3 Å². The van der Waals surface area contributed by atoms with Crippen LogP contribution in [0.3, 0.4) is 0 Å². The Kier molecular flexibility index (Phi) is 3.99. The van der Waals surface area contributed by atoms with E-state index in [1.807, 2.05) is 24.3 Å². The van der Waals surface area contributed by atoms with Crippen molar-refractivity contribution < 1.29 is 9.53 Å². The molecular formula is C15H17BrN2O2. The first-order valence-corrected chi connectivity index (χ1v) is 7.12. The maximum Gasteiger partial charge on any atom is 0.413 e. The molecule has 1 aromatic heterocycles. The van der Waals surface area contributed by atoms with Crippen LogP contribution in [0, 0.1) is 0 Å². The number of amides is 1. The summed E-state index contributed by atoms with van der Waals surface area (Å²) >= 11 is 3.44. The van der Waals surface area contributed by atoms with Crippen molar-refractivity contribution in [2.24, 2.45) is 0 Å². The highest BCUT2D eigenvalue weighted by molar-refractivity contribution is 9.10. The molecule has 0 aliphatic rings. The molecule has 0 saturated heterocycles. The summed E-state index contributed by atoms with van der Waals surface area (Å²) in [5.74, 6) is 0.336. The van der Waals surface area contributed by atoms with Gasteiger partial charge in [-0.05, 0) is 26.7 Å². The third kappa shape index (κ3) is 2.77. The first-order valence-electron chi connectivity index (χ1n) is 6.33. The number of rotatable bonds is 1. The van der Waals surface area contributed by atoms with Crippen molar-refractivity contribution in [3.05, 3.63) is 34.4 Å². The van der Waals surface area contributed by atoms with Crippen molar-refractivity contribution >= 4 is 32.8 Å². The summed E-state index contributed by atoms with van der Waals surface area (Å²) < 4.78 is 5.99. The van der Waals surface area contributed by atoms with Gasteiger partial charge in [-0.3, -0.25) is 0 Å². The summed E-state index contributed by atoms with van der Waals surface area (Å²) in [6, 6.07) is 7.93. The average Bonchev–Trinajstić information content (AvgIpc) is 2.37. The summed E-state index contributed by atoms with van der Waals surface area (Å²) in [7, 11) is 1.52. The van der Waals surface area contributed by atoms with Crippen molar-refractivity contribution in [3.63, 3.8) is 0 Å². The lowest BCUT2D eigenvalue weighted by atomic mass is 9.84. The van der Waals surface area contributed by atoms with Gasteiger partial charge in [0, 0.05) is 18.0 Å². The van der Waals surface area contributed by atoms with Gasteiger partial charge < -0.3 is 10.1 Å². The number of carbonyl (C=O) groups is 1. The van der Waals surface area contributed by atoms with Crippen molar-refractivity contribution in [2.75, 3.05) is 7.05 Å². The molecular weight excluding hydrogens is 320 g/mol. The smallest absolute Gasteiger partial charge is 0.391 e. The molecule has 0 unspecified atom stereocenters. The maximum absolute atomic E-state index is 11.5. The van der Waals surface area contributed by atoms with E-state index in [2.05, 4.69) is 47.0 Å². The van der Waals surface area contributed by atoms with Crippen LogP contribution in [-0.2, 0) is 5.41 Å². The van der Waals surface area contributed by atoms with E-state index in [0.29, 0.717) is 10.5 Å². The fraction of sp³-hybridized carbons (Fsp3) is 0.333. The Morgan fingerprint density at radius 1 is 1.25 bits per heavy atom. The molecule has 4 nitrogen and oxygen atoms in total. The molecule has 1 N–H and O–H groups in total. The van der Waals surface area contributed by atoms with Gasteiger partial charge in [-0.1, -0.05) is 45.0 Å². The van der Waals surface area contributed by atoms with Crippen LogP contribution >= 0.6 is 15.9 Å². The number of pyridine rings is 1. The van der Waals surface area contributed by atoms with Crippen LogP contribution in [0.5, 0.6) is 5.88 Å². The number of nitrogens with zero attached hydrogens (tertiary/aromatic N) is 1. The monoisotopic (exact) mass is 336 g/mol. The number of benzene rings is 1. The van der Waals surface area contributed by atoms with Gasteiger partial charge in [-0.2, -0.15) is 0 Å². The third-order valence-corrected chi connectivity index (χ3v) is 3.58. The summed E-state index contributed by atoms with van der Waals surface area (Å²) in [5.41, 5.74) is 0.719. The van der Waals surface area contributed by atoms with E-state index >= 15 is 0 Å².